The fourth-order valence-electron chi connectivity index (χ4n) is 2.68. The lowest BCUT2D eigenvalue weighted by Gasteiger charge is -2.22. The van der Waals surface area contributed by atoms with Crippen LogP contribution in [0.2, 0.25) is 0 Å². The van der Waals surface area contributed by atoms with Crippen LogP contribution in [0, 0.1) is 0 Å². The second-order valence-electron chi connectivity index (χ2n) is 5.27. The van der Waals surface area contributed by atoms with Crippen molar-refractivity contribution >= 4 is 31.2 Å². The van der Waals surface area contributed by atoms with Gasteiger partial charge in [-0.05, 0) is 42.2 Å². The molecule has 0 amide bonds. The van der Waals surface area contributed by atoms with E-state index in [9.17, 15) is 16.8 Å². The molecule has 1 aliphatic rings. The molecule has 0 saturated carbocycles. The fraction of sp³-hybridized carbons (Fsp3) is 0.286. The molecular formula is C14H15NO5S3. The highest BCUT2D eigenvalue weighted by Gasteiger charge is 2.37. The molecule has 1 aliphatic heterocycles. The smallest absolute Gasteiger partial charge is 0.247 e. The van der Waals surface area contributed by atoms with E-state index in [2.05, 4.69) is 0 Å². The minimum Gasteiger partial charge on any atom is -0.497 e. The van der Waals surface area contributed by atoms with Crippen molar-refractivity contribution in [2.24, 2.45) is 5.14 Å². The minimum absolute atomic E-state index is 0.105. The highest BCUT2D eigenvalue weighted by Crippen LogP contribution is 2.44. The number of primary sulfonamides is 1. The Morgan fingerprint density at radius 3 is 2.48 bits per heavy atom. The van der Waals surface area contributed by atoms with Crippen LogP contribution in [0.15, 0.2) is 38.8 Å². The number of nitrogens with two attached hydrogens (primary N) is 1. The number of thiophene rings is 1. The van der Waals surface area contributed by atoms with E-state index in [0.717, 1.165) is 11.3 Å². The fourth-order valence-corrected chi connectivity index (χ4v) is 7.34. The van der Waals surface area contributed by atoms with Gasteiger partial charge in [-0.2, -0.15) is 0 Å². The maximum absolute atomic E-state index is 12.8. The summed E-state index contributed by atoms with van der Waals surface area (Å²) in [5, 5.41) is 4.42. The van der Waals surface area contributed by atoms with Crippen LogP contribution in [0.25, 0.3) is 0 Å². The average molecular weight is 373 g/mol. The number of hydrogen-bond acceptors (Lipinski definition) is 6. The Bertz CT molecular complexity index is 943. The van der Waals surface area contributed by atoms with Gasteiger partial charge in [0.2, 0.25) is 10.0 Å². The van der Waals surface area contributed by atoms with Crippen molar-refractivity contribution in [1.29, 1.82) is 0 Å². The summed E-state index contributed by atoms with van der Waals surface area (Å²) >= 11 is 0.730. The van der Waals surface area contributed by atoms with E-state index >= 15 is 0 Å². The quantitative estimate of drug-likeness (QED) is 0.884. The van der Waals surface area contributed by atoms with Crippen molar-refractivity contribution in [3.8, 4) is 5.75 Å². The number of hydrogen-bond donors (Lipinski definition) is 1. The number of ether oxygens (including phenoxy) is 1. The minimum atomic E-state index is -3.90. The van der Waals surface area contributed by atoms with Gasteiger partial charge in [-0.1, -0.05) is 12.1 Å². The van der Waals surface area contributed by atoms with Gasteiger partial charge >= 0.3 is 0 Å². The van der Waals surface area contributed by atoms with E-state index in [1.54, 1.807) is 31.4 Å². The molecule has 0 spiro atoms. The monoisotopic (exact) mass is 373 g/mol. The Balaban J connectivity index is 2.06. The molecule has 0 radical (unpaired) electrons. The molecule has 1 atom stereocenters. The van der Waals surface area contributed by atoms with Gasteiger partial charge in [0, 0.05) is 0 Å². The van der Waals surface area contributed by atoms with Crippen molar-refractivity contribution in [2.45, 2.75) is 26.5 Å². The summed E-state index contributed by atoms with van der Waals surface area (Å²) in [4.78, 5) is 0. The first-order chi connectivity index (χ1) is 10.7. The van der Waals surface area contributed by atoms with Gasteiger partial charge in [0.15, 0.2) is 9.84 Å². The first kappa shape index (κ1) is 16.4. The maximum Gasteiger partial charge on any atom is 0.247 e. The highest BCUT2D eigenvalue weighted by atomic mass is 32.3. The van der Waals surface area contributed by atoms with Crippen LogP contribution in [0.5, 0.6) is 5.75 Å². The predicted octanol–water partition coefficient (Wildman–Crippen LogP) is 1.87. The van der Waals surface area contributed by atoms with Gasteiger partial charge in [0.1, 0.15) is 14.2 Å². The van der Waals surface area contributed by atoms with Crippen LogP contribution >= 0.6 is 11.3 Å². The molecule has 1 aromatic carbocycles. The van der Waals surface area contributed by atoms with Gasteiger partial charge in [-0.25, -0.2) is 22.0 Å². The molecule has 9 heteroatoms. The van der Waals surface area contributed by atoms with Gasteiger partial charge in [0.25, 0.3) is 0 Å². The molecule has 1 aromatic heterocycles. The van der Waals surface area contributed by atoms with Crippen molar-refractivity contribution in [2.75, 3.05) is 7.11 Å². The van der Waals surface area contributed by atoms with E-state index in [1.165, 1.54) is 6.07 Å². The largest absolute Gasteiger partial charge is 0.497 e. The van der Waals surface area contributed by atoms with E-state index < -0.39 is 25.1 Å². The van der Waals surface area contributed by atoms with E-state index in [-0.39, 0.29) is 8.42 Å². The van der Waals surface area contributed by atoms with Crippen LogP contribution in [0.1, 0.15) is 22.8 Å². The summed E-state index contributed by atoms with van der Waals surface area (Å²) in [6, 6.07) is 8.24. The second kappa shape index (κ2) is 5.59. The molecule has 124 valence electrons. The van der Waals surface area contributed by atoms with E-state index in [0.29, 0.717) is 29.7 Å². The zero-order valence-corrected chi connectivity index (χ0v) is 14.7. The van der Waals surface area contributed by atoms with Gasteiger partial charge in [-0.3, -0.25) is 0 Å². The summed E-state index contributed by atoms with van der Waals surface area (Å²) < 4.78 is 53.7. The second-order valence-corrected chi connectivity index (χ2v) is 10.4. The molecule has 2 N–H and O–H groups in total. The third-order valence-corrected chi connectivity index (χ3v) is 9.20. The van der Waals surface area contributed by atoms with Gasteiger partial charge in [0.05, 0.1) is 12.4 Å². The molecule has 2 heterocycles. The summed E-state index contributed by atoms with van der Waals surface area (Å²) in [5.74, 6) is 0.648. The third-order valence-electron chi connectivity index (χ3n) is 3.82. The Hall–Kier alpha value is -1.42. The first-order valence-electron chi connectivity index (χ1n) is 6.77. The molecule has 0 fully saturated rings. The Morgan fingerprint density at radius 1 is 1.26 bits per heavy atom. The Morgan fingerprint density at radius 2 is 1.91 bits per heavy atom. The number of benzene rings is 1. The lowest BCUT2D eigenvalue weighted by Crippen LogP contribution is -2.19. The molecule has 0 bridgehead atoms. The first-order valence-corrected chi connectivity index (χ1v) is 10.7. The maximum atomic E-state index is 12.8. The van der Waals surface area contributed by atoms with Gasteiger partial charge < -0.3 is 4.74 Å². The van der Waals surface area contributed by atoms with Crippen LogP contribution in [-0.2, 0) is 26.3 Å². The SMILES string of the molecule is COc1ccc(C2CCc3cc(S(N)(=O)=O)sc3S2(=O)=O)cc1. The Labute approximate surface area is 138 Å². The topological polar surface area (TPSA) is 104 Å². The summed E-state index contributed by atoms with van der Waals surface area (Å²) in [5.41, 5.74) is 1.20. The molecule has 0 aliphatic carbocycles. The number of sulfone groups is 1. The standard InChI is InChI=1S/C14H15NO5S3/c1-20-11-5-2-9(3-6-11)12-7-4-10-8-13(23(15,18)19)21-14(10)22(12,16)17/h2-3,5-6,8,12H,4,7H2,1H3,(H2,15,18,19). The number of sulfonamides is 1. The molecule has 1 unspecified atom stereocenters. The normalized spacial score (nSPS) is 20.0. The molecule has 2 aromatic rings. The van der Waals surface area contributed by atoms with Crippen LogP contribution in [0.4, 0.5) is 0 Å². The number of rotatable bonds is 3. The third kappa shape index (κ3) is 2.89. The van der Waals surface area contributed by atoms with Crippen molar-refractivity contribution in [3.05, 3.63) is 41.5 Å². The van der Waals surface area contributed by atoms with Crippen LogP contribution in [-0.4, -0.2) is 23.9 Å². The van der Waals surface area contributed by atoms with Crippen LogP contribution < -0.4 is 9.88 Å². The zero-order valence-electron chi connectivity index (χ0n) is 12.2. The summed E-state index contributed by atoms with van der Waals surface area (Å²) in [6.45, 7) is 0. The van der Waals surface area contributed by atoms with Crippen LogP contribution in [0.3, 0.4) is 0 Å². The van der Waals surface area contributed by atoms with E-state index in [4.69, 9.17) is 9.88 Å². The zero-order chi connectivity index (χ0) is 16.8. The molecular weight excluding hydrogens is 358 g/mol. The van der Waals surface area contributed by atoms with Crippen molar-refractivity contribution < 1.29 is 21.6 Å². The lowest BCUT2D eigenvalue weighted by atomic mass is 10.0. The molecule has 3 rings (SSSR count). The Kier molecular flexibility index (Phi) is 3.99. The summed E-state index contributed by atoms with van der Waals surface area (Å²) in [7, 11) is -6.00. The average Bonchev–Trinajstić information content (AvgIpc) is 2.93. The van der Waals surface area contributed by atoms with E-state index in [1.807, 2.05) is 0 Å². The molecule has 23 heavy (non-hydrogen) atoms. The van der Waals surface area contributed by atoms with Crippen molar-refractivity contribution in [3.63, 3.8) is 0 Å². The number of aryl methyl sites for hydroxylation is 1. The lowest BCUT2D eigenvalue weighted by molar-refractivity contribution is 0.414. The summed E-state index contributed by atoms with van der Waals surface area (Å²) in [6.07, 6.45) is 0.903. The highest BCUT2D eigenvalue weighted by molar-refractivity contribution is 7.95. The molecule has 6 nitrogen and oxygen atoms in total. The van der Waals surface area contributed by atoms with Gasteiger partial charge in [-0.15, -0.1) is 11.3 Å². The predicted molar refractivity (Wildman–Crippen MR) is 86.9 cm³/mol. The van der Waals surface area contributed by atoms with Crippen molar-refractivity contribution in [1.82, 2.24) is 0 Å². The number of methoxy groups -OCH3 is 1. The molecule has 0 saturated heterocycles. The number of fused-ring (bicyclic) bond motifs is 1.